The van der Waals surface area contributed by atoms with Gasteiger partial charge >= 0.3 is 0 Å². The number of fused-ring (bicyclic) bond motifs is 4. The van der Waals surface area contributed by atoms with Gasteiger partial charge in [0.25, 0.3) is 18.2 Å². The standard InChI is InChI=1S/C30H25Cl2F2N5O4/c1-14(2)38-26-25(37-27(38)18-12-35-24(11-22(18)42-4)43-13-23(33)34)28(40)39(21-10-17(32)6-5-15(21)3)30(26)19-8-7-16(31)9-20(19)36-29(30)41/h5-12,14,23H,13H2,1-4H3,(H,36,41). The zero-order valence-electron chi connectivity index (χ0n) is 23.4. The number of imidazole rings is 1. The van der Waals surface area contributed by atoms with Gasteiger partial charge in [-0.3, -0.25) is 14.5 Å². The molecule has 4 heterocycles. The fraction of sp³-hybridized carbons (Fsp3) is 0.267. The number of rotatable bonds is 7. The summed E-state index contributed by atoms with van der Waals surface area (Å²) in [7, 11) is 1.41. The number of alkyl halides is 2. The van der Waals surface area contributed by atoms with Crippen molar-refractivity contribution in [2.24, 2.45) is 0 Å². The molecule has 0 radical (unpaired) electrons. The molecule has 13 heteroatoms. The van der Waals surface area contributed by atoms with E-state index >= 15 is 0 Å². The number of hydrogen-bond acceptors (Lipinski definition) is 6. The van der Waals surface area contributed by atoms with Crippen LogP contribution in [0.5, 0.6) is 11.6 Å². The van der Waals surface area contributed by atoms with Crippen molar-refractivity contribution in [1.29, 1.82) is 0 Å². The molecule has 1 atom stereocenters. The first-order chi connectivity index (χ1) is 20.5. The van der Waals surface area contributed by atoms with E-state index in [1.807, 2.05) is 20.8 Å². The maximum Gasteiger partial charge on any atom is 0.280 e. The van der Waals surface area contributed by atoms with E-state index in [4.69, 9.17) is 37.7 Å². The van der Waals surface area contributed by atoms with Crippen LogP contribution in [-0.2, 0) is 10.3 Å². The monoisotopic (exact) mass is 627 g/mol. The summed E-state index contributed by atoms with van der Waals surface area (Å²) in [5, 5.41) is 3.73. The van der Waals surface area contributed by atoms with Crippen molar-refractivity contribution in [2.75, 3.05) is 23.9 Å². The Morgan fingerprint density at radius 3 is 2.49 bits per heavy atom. The molecule has 0 saturated heterocycles. The molecule has 43 heavy (non-hydrogen) atoms. The summed E-state index contributed by atoms with van der Waals surface area (Å²) in [6.07, 6.45) is -1.30. The molecule has 2 aliphatic heterocycles. The van der Waals surface area contributed by atoms with Crippen molar-refractivity contribution in [3.8, 4) is 23.0 Å². The zero-order chi connectivity index (χ0) is 30.8. The molecule has 1 spiro atoms. The maximum atomic E-state index is 14.5. The molecule has 2 aliphatic rings. The van der Waals surface area contributed by atoms with Crippen LogP contribution in [0.15, 0.2) is 48.7 Å². The lowest BCUT2D eigenvalue weighted by molar-refractivity contribution is -0.119. The third kappa shape index (κ3) is 4.32. The second kappa shape index (κ2) is 10.5. The quantitative estimate of drug-likeness (QED) is 0.246. The summed E-state index contributed by atoms with van der Waals surface area (Å²) in [6.45, 7) is 4.78. The van der Waals surface area contributed by atoms with Gasteiger partial charge in [0.1, 0.15) is 11.6 Å². The van der Waals surface area contributed by atoms with E-state index < -0.39 is 30.4 Å². The van der Waals surface area contributed by atoms with Gasteiger partial charge in [-0.2, -0.15) is 0 Å². The summed E-state index contributed by atoms with van der Waals surface area (Å²) < 4.78 is 37.9. The number of nitrogens with one attached hydrogen (secondary N) is 1. The number of aromatic nitrogens is 3. The van der Waals surface area contributed by atoms with Crippen molar-refractivity contribution in [2.45, 2.75) is 38.8 Å². The smallest absolute Gasteiger partial charge is 0.280 e. The Kier molecular flexibility index (Phi) is 7.05. The molecule has 4 aromatic rings. The molecule has 2 aromatic heterocycles. The minimum atomic E-state index is -2.68. The molecule has 0 bridgehead atoms. The van der Waals surface area contributed by atoms with Gasteiger partial charge in [-0.25, -0.2) is 18.7 Å². The number of pyridine rings is 1. The summed E-state index contributed by atoms with van der Waals surface area (Å²) in [5.41, 5.74) is 1.25. The largest absolute Gasteiger partial charge is 0.496 e. The van der Waals surface area contributed by atoms with Crippen LogP contribution in [0.25, 0.3) is 11.4 Å². The van der Waals surface area contributed by atoms with Crippen LogP contribution in [0, 0.1) is 6.92 Å². The Bertz CT molecular complexity index is 1810. The molecule has 222 valence electrons. The topological polar surface area (TPSA) is 98.6 Å². The highest BCUT2D eigenvalue weighted by Crippen LogP contribution is 2.55. The van der Waals surface area contributed by atoms with Gasteiger partial charge in [-0.05, 0) is 50.6 Å². The third-order valence-electron chi connectivity index (χ3n) is 7.53. The predicted octanol–water partition coefficient (Wildman–Crippen LogP) is 6.65. The van der Waals surface area contributed by atoms with Crippen LogP contribution in [0.2, 0.25) is 10.0 Å². The molecule has 0 saturated carbocycles. The van der Waals surface area contributed by atoms with Gasteiger partial charge in [-0.15, -0.1) is 0 Å². The number of aryl methyl sites for hydroxylation is 1. The van der Waals surface area contributed by atoms with Crippen molar-refractivity contribution in [1.82, 2.24) is 14.5 Å². The molecule has 1 N–H and O–H groups in total. The van der Waals surface area contributed by atoms with Crippen LogP contribution < -0.4 is 19.7 Å². The van der Waals surface area contributed by atoms with Crippen molar-refractivity contribution in [3.63, 3.8) is 0 Å². The predicted molar refractivity (Wildman–Crippen MR) is 158 cm³/mol. The Labute approximate surface area is 255 Å². The first kappa shape index (κ1) is 28.9. The molecule has 1 unspecified atom stereocenters. The number of halogens is 4. The minimum Gasteiger partial charge on any atom is -0.496 e. The van der Waals surface area contributed by atoms with E-state index in [1.165, 1.54) is 24.3 Å². The van der Waals surface area contributed by atoms with E-state index in [1.54, 1.807) is 41.0 Å². The van der Waals surface area contributed by atoms with Crippen molar-refractivity contribution >= 4 is 46.4 Å². The fourth-order valence-corrected chi connectivity index (χ4v) is 6.15. The highest BCUT2D eigenvalue weighted by atomic mass is 35.5. The summed E-state index contributed by atoms with van der Waals surface area (Å²) in [4.78, 5) is 39.2. The Morgan fingerprint density at radius 1 is 1.07 bits per heavy atom. The zero-order valence-corrected chi connectivity index (χ0v) is 24.9. The van der Waals surface area contributed by atoms with E-state index in [0.29, 0.717) is 44.1 Å². The molecular formula is C30H25Cl2F2N5O4. The van der Waals surface area contributed by atoms with Crippen LogP contribution >= 0.6 is 23.2 Å². The van der Waals surface area contributed by atoms with Gasteiger partial charge in [-0.1, -0.05) is 35.3 Å². The number of carbonyl (C=O) groups excluding carboxylic acids is 2. The SMILES string of the molecule is COc1cc(OCC(F)F)ncc1-c1nc2c(n1C(C)C)C1(C(=O)Nc3cc(Cl)ccc31)N(c1cc(Cl)ccc1C)C2=O. The number of amides is 2. The minimum absolute atomic E-state index is 0.0566. The number of methoxy groups -OCH3 is 1. The van der Waals surface area contributed by atoms with Gasteiger partial charge in [0.2, 0.25) is 5.88 Å². The van der Waals surface area contributed by atoms with Gasteiger partial charge < -0.3 is 19.4 Å². The summed E-state index contributed by atoms with van der Waals surface area (Å²) in [6, 6.07) is 11.2. The maximum absolute atomic E-state index is 14.5. The van der Waals surface area contributed by atoms with Crippen LogP contribution in [0.4, 0.5) is 20.2 Å². The van der Waals surface area contributed by atoms with Crippen LogP contribution in [0.3, 0.4) is 0 Å². The number of nitrogens with zero attached hydrogens (tertiary/aromatic N) is 4. The number of benzene rings is 2. The van der Waals surface area contributed by atoms with E-state index in [9.17, 15) is 18.4 Å². The molecule has 2 aromatic carbocycles. The Morgan fingerprint density at radius 2 is 1.79 bits per heavy atom. The van der Waals surface area contributed by atoms with E-state index in [0.717, 1.165) is 5.56 Å². The molecular weight excluding hydrogens is 603 g/mol. The average molecular weight is 628 g/mol. The first-order valence-electron chi connectivity index (χ1n) is 13.3. The highest BCUT2D eigenvalue weighted by Gasteiger charge is 2.64. The number of hydrogen-bond donors (Lipinski definition) is 1. The molecule has 2 amide bonds. The summed E-state index contributed by atoms with van der Waals surface area (Å²) in [5.74, 6) is -0.507. The summed E-state index contributed by atoms with van der Waals surface area (Å²) >= 11 is 12.7. The van der Waals surface area contributed by atoms with Gasteiger partial charge in [0.05, 0.1) is 24.1 Å². The lowest BCUT2D eigenvalue weighted by Gasteiger charge is -2.36. The Hall–Kier alpha value is -4.22. The van der Waals surface area contributed by atoms with Crippen LogP contribution in [-0.4, -0.2) is 46.5 Å². The molecule has 9 nitrogen and oxygen atoms in total. The third-order valence-corrected chi connectivity index (χ3v) is 8.00. The Balaban J connectivity index is 1.65. The van der Waals surface area contributed by atoms with Crippen molar-refractivity contribution in [3.05, 3.63) is 81.2 Å². The normalized spacial score (nSPS) is 17.2. The number of ether oxygens (including phenoxy) is 2. The number of anilines is 2. The second-order valence-corrected chi connectivity index (χ2v) is 11.3. The molecule has 6 rings (SSSR count). The number of carbonyl (C=O) groups is 2. The van der Waals surface area contributed by atoms with E-state index in [-0.39, 0.29) is 23.4 Å². The van der Waals surface area contributed by atoms with Crippen LogP contribution in [0.1, 0.15) is 47.2 Å². The highest BCUT2D eigenvalue weighted by molar-refractivity contribution is 6.32. The first-order valence-corrected chi connectivity index (χ1v) is 14.0. The van der Waals surface area contributed by atoms with Gasteiger partial charge in [0, 0.05) is 39.6 Å². The van der Waals surface area contributed by atoms with Crippen molar-refractivity contribution < 1.29 is 27.8 Å². The molecule has 0 fully saturated rings. The lowest BCUT2D eigenvalue weighted by Crippen LogP contribution is -2.51. The average Bonchev–Trinajstić information content (AvgIpc) is 3.57. The lowest BCUT2D eigenvalue weighted by atomic mass is 9.86. The second-order valence-electron chi connectivity index (χ2n) is 10.4. The van der Waals surface area contributed by atoms with E-state index in [2.05, 4.69) is 10.3 Å². The van der Waals surface area contributed by atoms with Gasteiger partial charge in [0.15, 0.2) is 17.8 Å². The molecule has 0 aliphatic carbocycles. The fourth-order valence-electron chi connectivity index (χ4n) is 5.81.